The van der Waals surface area contributed by atoms with E-state index in [-0.39, 0.29) is 6.54 Å². The molecule has 0 aliphatic heterocycles. The van der Waals surface area contributed by atoms with Gasteiger partial charge in [0, 0.05) is 11.9 Å². The second-order valence-electron chi connectivity index (χ2n) is 5.42. The topological polar surface area (TPSA) is 54.0 Å². The lowest BCUT2D eigenvalue weighted by Gasteiger charge is -2.10. The minimum absolute atomic E-state index is 0.116. The Hall–Kier alpha value is -3.09. The van der Waals surface area contributed by atoms with Gasteiger partial charge < -0.3 is 10.6 Å². The molecule has 0 unspecified atom stereocenters. The highest BCUT2D eigenvalue weighted by Crippen LogP contribution is 2.29. The highest BCUT2D eigenvalue weighted by atomic mass is 19.4. The number of halogens is 3. The summed E-state index contributed by atoms with van der Waals surface area (Å²) in [5, 5.41) is 6.13. The van der Waals surface area contributed by atoms with Crippen LogP contribution in [0.2, 0.25) is 0 Å². The molecule has 7 heteroatoms. The fourth-order valence-electron chi connectivity index (χ4n) is 2.31. The minimum Gasteiger partial charge on any atom is -0.334 e. The van der Waals surface area contributed by atoms with Crippen molar-refractivity contribution in [2.24, 2.45) is 0 Å². The van der Waals surface area contributed by atoms with Gasteiger partial charge in [0.1, 0.15) is 0 Å². The van der Waals surface area contributed by atoms with Crippen LogP contribution in [0.5, 0.6) is 0 Å². The summed E-state index contributed by atoms with van der Waals surface area (Å²) in [6.45, 7) is 0.116. The number of hydrogen-bond donors (Lipinski definition) is 2. The van der Waals surface area contributed by atoms with E-state index in [1.807, 2.05) is 24.3 Å². The normalized spacial score (nSPS) is 11.3. The number of carbonyl (C=O) groups is 1. The Balaban J connectivity index is 1.58. The van der Waals surface area contributed by atoms with E-state index < -0.39 is 17.8 Å². The molecule has 0 spiro atoms. The van der Waals surface area contributed by atoms with Crippen molar-refractivity contribution in [1.82, 2.24) is 10.3 Å². The van der Waals surface area contributed by atoms with E-state index in [1.54, 1.807) is 12.3 Å². The number of hydrogen-bond acceptors (Lipinski definition) is 2. The van der Waals surface area contributed by atoms with Gasteiger partial charge in [-0.25, -0.2) is 4.79 Å². The summed E-state index contributed by atoms with van der Waals surface area (Å²) in [5.41, 5.74) is 1.20. The van der Waals surface area contributed by atoms with Gasteiger partial charge in [-0.05, 0) is 29.8 Å². The maximum atomic E-state index is 12.5. The highest BCUT2D eigenvalue weighted by Gasteiger charge is 2.29. The third kappa shape index (κ3) is 4.26. The lowest BCUT2D eigenvalue weighted by molar-refractivity contribution is -0.137. The Kier molecular flexibility index (Phi) is 4.56. The van der Waals surface area contributed by atoms with Gasteiger partial charge in [-0.2, -0.15) is 13.2 Å². The molecule has 2 N–H and O–H groups in total. The van der Waals surface area contributed by atoms with Crippen LogP contribution in [0.25, 0.3) is 10.9 Å². The molecule has 4 nitrogen and oxygen atoms in total. The summed E-state index contributed by atoms with van der Waals surface area (Å²) >= 11 is 0. The maximum absolute atomic E-state index is 12.5. The fraction of sp³-hybridized carbons (Fsp3) is 0.111. The molecule has 0 aliphatic rings. The molecule has 0 atom stereocenters. The Morgan fingerprint density at radius 3 is 2.48 bits per heavy atom. The predicted molar refractivity (Wildman–Crippen MR) is 89.0 cm³/mol. The van der Waals surface area contributed by atoms with E-state index >= 15 is 0 Å². The largest absolute Gasteiger partial charge is 0.416 e. The number of nitrogens with one attached hydrogen (secondary N) is 2. The number of benzene rings is 2. The molecular weight excluding hydrogens is 331 g/mol. The van der Waals surface area contributed by atoms with Crippen molar-refractivity contribution < 1.29 is 18.0 Å². The number of urea groups is 1. The number of amides is 2. The molecule has 128 valence electrons. The summed E-state index contributed by atoms with van der Waals surface area (Å²) in [6.07, 6.45) is -2.83. The average molecular weight is 345 g/mol. The molecule has 0 bridgehead atoms. The van der Waals surface area contributed by atoms with Crippen molar-refractivity contribution in [3.8, 4) is 0 Å². The molecule has 25 heavy (non-hydrogen) atoms. The van der Waals surface area contributed by atoms with Gasteiger partial charge in [-0.1, -0.05) is 30.3 Å². The summed E-state index contributed by atoms with van der Waals surface area (Å²) in [4.78, 5) is 16.2. The van der Waals surface area contributed by atoms with Gasteiger partial charge in [0.15, 0.2) is 0 Å². The molecule has 0 saturated carbocycles. The minimum atomic E-state index is -4.37. The number of carbonyl (C=O) groups excluding carboxylic acids is 1. The molecule has 2 aromatic carbocycles. The Labute approximate surface area is 141 Å². The number of para-hydroxylation sites is 1. The van der Waals surface area contributed by atoms with Gasteiger partial charge >= 0.3 is 12.2 Å². The quantitative estimate of drug-likeness (QED) is 0.730. The van der Waals surface area contributed by atoms with Gasteiger partial charge in [0.2, 0.25) is 0 Å². The van der Waals surface area contributed by atoms with E-state index in [0.29, 0.717) is 11.3 Å². The lowest BCUT2D eigenvalue weighted by atomic mass is 10.1. The zero-order valence-electron chi connectivity index (χ0n) is 13.0. The van der Waals surface area contributed by atoms with Gasteiger partial charge in [-0.15, -0.1) is 0 Å². The molecule has 0 fully saturated rings. The van der Waals surface area contributed by atoms with Crippen LogP contribution in [0.15, 0.2) is 60.8 Å². The molecule has 0 saturated heterocycles. The van der Waals surface area contributed by atoms with Gasteiger partial charge in [0.05, 0.1) is 23.0 Å². The van der Waals surface area contributed by atoms with E-state index in [2.05, 4.69) is 15.6 Å². The first kappa shape index (κ1) is 16.8. The van der Waals surface area contributed by atoms with Crippen LogP contribution in [0, 0.1) is 0 Å². The van der Waals surface area contributed by atoms with Crippen molar-refractivity contribution in [3.05, 3.63) is 71.9 Å². The second-order valence-corrected chi connectivity index (χ2v) is 5.42. The summed E-state index contributed by atoms with van der Waals surface area (Å²) in [7, 11) is 0. The number of rotatable bonds is 3. The number of alkyl halides is 3. The molecule has 2 amide bonds. The van der Waals surface area contributed by atoms with Gasteiger partial charge in [-0.3, -0.25) is 4.98 Å². The lowest BCUT2D eigenvalue weighted by Crippen LogP contribution is -2.28. The zero-order chi connectivity index (χ0) is 17.9. The zero-order valence-corrected chi connectivity index (χ0v) is 13.0. The van der Waals surface area contributed by atoms with E-state index in [4.69, 9.17) is 0 Å². The number of fused-ring (bicyclic) bond motifs is 1. The molecule has 3 aromatic rings. The Morgan fingerprint density at radius 1 is 1.04 bits per heavy atom. The molecule has 1 aromatic heterocycles. The molecule has 0 radical (unpaired) electrons. The van der Waals surface area contributed by atoms with E-state index in [1.165, 1.54) is 12.1 Å². The van der Waals surface area contributed by atoms with Crippen LogP contribution < -0.4 is 10.6 Å². The van der Waals surface area contributed by atoms with E-state index in [9.17, 15) is 18.0 Å². The molecule has 0 aliphatic carbocycles. The summed E-state index contributed by atoms with van der Waals surface area (Å²) in [5.74, 6) is 0. The standard InChI is InChI=1S/C18H14F3N3O/c19-18(20,21)14-7-5-12(6-8-14)10-23-17(25)24-15-9-13-3-1-2-4-16(13)22-11-15/h1-9,11H,10H2,(H2,23,24,25). The fourth-order valence-corrected chi connectivity index (χ4v) is 2.31. The Bertz CT molecular complexity index is 892. The third-order valence-electron chi connectivity index (χ3n) is 3.58. The number of pyridine rings is 1. The molecular formula is C18H14F3N3O. The predicted octanol–water partition coefficient (Wildman–Crippen LogP) is 4.58. The van der Waals surface area contributed by atoms with Crippen LogP contribution in [-0.2, 0) is 12.7 Å². The Morgan fingerprint density at radius 2 is 1.76 bits per heavy atom. The van der Waals surface area contributed by atoms with Crippen LogP contribution in [-0.4, -0.2) is 11.0 Å². The van der Waals surface area contributed by atoms with Gasteiger partial charge in [0.25, 0.3) is 0 Å². The molecule has 3 rings (SSSR count). The van der Waals surface area contributed by atoms with Crippen molar-refractivity contribution in [3.63, 3.8) is 0 Å². The monoisotopic (exact) mass is 345 g/mol. The number of aromatic nitrogens is 1. The third-order valence-corrected chi connectivity index (χ3v) is 3.58. The molecule has 1 heterocycles. The highest BCUT2D eigenvalue weighted by molar-refractivity contribution is 5.91. The SMILES string of the molecule is O=C(NCc1ccc(C(F)(F)F)cc1)Nc1cnc2ccccc2c1. The smallest absolute Gasteiger partial charge is 0.334 e. The van der Waals surface area contributed by atoms with Crippen molar-refractivity contribution in [2.75, 3.05) is 5.32 Å². The first-order valence-electron chi connectivity index (χ1n) is 7.47. The van der Waals surface area contributed by atoms with Crippen LogP contribution >= 0.6 is 0 Å². The summed E-state index contributed by atoms with van der Waals surface area (Å²) < 4.78 is 37.5. The van der Waals surface area contributed by atoms with Crippen molar-refractivity contribution >= 4 is 22.6 Å². The van der Waals surface area contributed by atoms with E-state index in [0.717, 1.165) is 23.0 Å². The van der Waals surface area contributed by atoms with Crippen molar-refractivity contribution in [2.45, 2.75) is 12.7 Å². The first-order chi connectivity index (χ1) is 11.9. The number of anilines is 1. The van der Waals surface area contributed by atoms with Crippen LogP contribution in [0.3, 0.4) is 0 Å². The summed E-state index contributed by atoms with van der Waals surface area (Å²) in [6, 6.07) is 13.5. The average Bonchev–Trinajstić information content (AvgIpc) is 2.59. The van der Waals surface area contributed by atoms with Crippen LogP contribution in [0.4, 0.5) is 23.7 Å². The maximum Gasteiger partial charge on any atom is 0.416 e. The number of nitrogens with zero attached hydrogens (tertiary/aromatic N) is 1. The second kappa shape index (κ2) is 6.80. The van der Waals surface area contributed by atoms with Crippen LogP contribution in [0.1, 0.15) is 11.1 Å². The van der Waals surface area contributed by atoms with Crippen molar-refractivity contribution in [1.29, 1.82) is 0 Å². The first-order valence-corrected chi connectivity index (χ1v) is 7.47.